The summed E-state index contributed by atoms with van der Waals surface area (Å²) in [6, 6.07) is 13.0. The zero-order chi connectivity index (χ0) is 20.3. The Morgan fingerprint density at radius 1 is 1.17 bits per heavy atom. The minimum atomic E-state index is -0.953. The molecule has 0 aliphatic carbocycles. The highest BCUT2D eigenvalue weighted by atomic mass is 16.3. The first-order chi connectivity index (χ1) is 14.1. The third-order valence-corrected chi connectivity index (χ3v) is 5.41. The van der Waals surface area contributed by atoms with Gasteiger partial charge in [-0.05, 0) is 37.1 Å². The van der Waals surface area contributed by atoms with E-state index in [9.17, 15) is 14.4 Å². The van der Waals surface area contributed by atoms with Crippen molar-refractivity contribution in [3.8, 4) is 0 Å². The predicted octanol–water partition coefficient (Wildman–Crippen LogP) is 1.48. The number of imide groups is 1. The van der Waals surface area contributed by atoms with Gasteiger partial charge in [0.2, 0.25) is 5.91 Å². The number of urea groups is 1. The van der Waals surface area contributed by atoms with E-state index >= 15 is 0 Å². The Bertz CT molecular complexity index is 883. The van der Waals surface area contributed by atoms with Crippen molar-refractivity contribution in [1.29, 1.82) is 0 Å². The normalized spacial score (nSPS) is 22.1. The minimum Gasteiger partial charge on any atom is -0.467 e. The molecule has 29 heavy (non-hydrogen) atoms. The number of hydrogen-bond acceptors (Lipinski definition) is 5. The lowest BCUT2D eigenvalue weighted by Crippen LogP contribution is -2.58. The van der Waals surface area contributed by atoms with Gasteiger partial charge in [-0.3, -0.25) is 19.4 Å². The lowest BCUT2D eigenvalue weighted by Gasteiger charge is -2.38. The molecule has 2 N–H and O–H groups in total. The molecule has 2 aromatic rings. The van der Waals surface area contributed by atoms with Crippen molar-refractivity contribution >= 4 is 17.8 Å². The van der Waals surface area contributed by atoms with Crippen LogP contribution in [0, 0.1) is 0 Å². The van der Waals surface area contributed by atoms with Crippen molar-refractivity contribution in [1.82, 2.24) is 20.4 Å². The van der Waals surface area contributed by atoms with Crippen LogP contribution in [0.1, 0.15) is 24.2 Å². The third kappa shape index (κ3) is 4.17. The van der Waals surface area contributed by atoms with Crippen LogP contribution in [0.4, 0.5) is 4.79 Å². The number of carbonyl (C=O) groups excluding carboxylic acids is 3. The summed E-state index contributed by atoms with van der Waals surface area (Å²) in [5, 5.41) is 5.53. The van der Waals surface area contributed by atoms with E-state index in [1.807, 2.05) is 30.3 Å². The van der Waals surface area contributed by atoms with E-state index in [-0.39, 0.29) is 19.0 Å². The standard InChI is InChI=1S/C21H24N4O4/c26-18(22-12-17-8-4-11-29-17)14-25-19(27)21(23-20(25)28)9-5-10-24(15-21)13-16-6-2-1-3-7-16/h1-4,6-8,11H,5,9-10,12-15H2,(H,22,26)(H,23,28). The first kappa shape index (κ1) is 19.2. The molecule has 3 heterocycles. The SMILES string of the molecule is O=C(CN1C(=O)NC2(CCCN(Cc3ccccc3)C2)C1=O)NCc1ccco1. The Morgan fingerprint density at radius 3 is 2.76 bits per heavy atom. The number of rotatable bonds is 6. The Hall–Kier alpha value is -3.13. The molecule has 1 aromatic carbocycles. The zero-order valence-electron chi connectivity index (χ0n) is 16.1. The highest BCUT2D eigenvalue weighted by Gasteiger charge is 2.53. The molecule has 8 nitrogen and oxygen atoms in total. The van der Waals surface area contributed by atoms with Crippen LogP contribution >= 0.6 is 0 Å². The lowest BCUT2D eigenvalue weighted by atomic mass is 9.88. The highest BCUT2D eigenvalue weighted by molar-refractivity contribution is 6.09. The van der Waals surface area contributed by atoms with Crippen molar-refractivity contribution in [2.24, 2.45) is 0 Å². The van der Waals surface area contributed by atoms with E-state index in [4.69, 9.17) is 4.42 Å². The summed E-state index contributed by atoms with van der Waals surface area (Å²) in [6.45, 7) is 1.94. The molecule has 4 rings (SSSR count). The summed E-state index contributed by atoms with van der Waals surface area (Å²) in [6.07, 6.45) is 2.90. The van der Waals surface area contributed by atoms with Gasteiger partial charge in [-0.15, -0.1) is 0 Å². The van der Waals surface area contributed by atoms with Crippen LogP contribution in [0.25, 0.3) is 0 Å². The Balaban J connectivity index is 1.38. The highest BCUT2D eigenvalue weighted by Crippen LogP contribution is 2.29. The zero-order valence-corrected chi connectivity index (χ0v) is 16.1. The number of amides is 4. The quantitative estimate of drug-likeness (QED) is 0.722. The number of nitrogens with one attached hydrogen (secondary N) is 2. The van der Waals surface area contributed by atoms with Crippen molar-refractivity contribution < 1.29 is 18.8 Å². The van der Waals surface area contributed by atoms with Gasteiger partial charge in [0.1, 0.15) is 17.8 Å². The van der Waals surface area contributed by atoms with Crippen molar-refractivity contribution in [3.63, 3.8) is 0 Å². The van der Waals surface area contributed by atoms with Gasteiger partial charge in [0.15, 0.2) is 0 Å². The molecule has 0 radical (unpaired) electrons. The fourth-order valence-electron chi connectivity index (χ4n) is 4.02. The van der Waals surface area contributed by atoms with Crippen LogP contribution in [-0.2, 0) is 22.7 Å². The fraction of sp³-hybridized carbons (Fsp3) is 0.381. The maximum atomic E-state index is 13.1. The summed E-state index contributed by atoms with van der Waals surface area (Å²) in [5.74, 6) is -0.122. The molecular weight excluding hydrogens is 372 g/mol. The number of likely N-dealkylation sites (tertiary alicyclic amines) is 1. The van der Waals surface area contributed by atoms with Crippen LogP contribution < -0.4 is 10.6 Å². The Kier molecular flexibility index (Phi) is 5.35. The first-order valence-corrected chi connectivity index (χ1v) is 9.75. The van der Waals surface area contributed by atoms with Gasteiger partial charge in [-0.25, -0.2) is 4.79 Å². The summed E-state index contributed by atoms with van der Waals surface area (Å²) in [7, 11) is 0. The molecule has 1 aromatic heterocycles. The Morgan fingerprint density at radius 2 is 2.00 bits per heavy atom. The molecule has 0 saturated carbocycles. The predicted molar refractivity (Wildman–Crippen MR) is 104 cm³/mol. The molecule has 2 saturated heterocycles. The lowest BCUT2D eigenvalue weighted by molar-refractivity contribution is -0.136. The molecule has 152 valence electrons. The summed E-state index contributed by atoms with van der Waals surface area (Å²) in [5.41, 5.74) is 0.210. The monoisotopic (exact) mass is 396 g/mol. The first-order valence-electron chi connectivity index (χ1n) is 9.75. The Labute approximate surface area is 168 Å². The summed E-state index contributed by atoms with van der Waals surface area (Å²) in [4.78, 5) is 41.0. The van der Waals surface area contributed by atoms with Crippen LogP contribution in [0.2, 0.25) is 0 Å². The average Bonchev–Trinajstić information content (AvgIpc) is 3.31. The van der Waals surface area contributed by atoms with Crippen molar-refractivity contribution in [3.05, 3.63) is 60.1 Å². The second-order valence-electron chi connectivity index (χ2n) is 7.56. The molecule has 4 amide bonds. The van der Waals surface area contributed by atoms with Gasteiger partial charge < -0.3 is 15.1 Å². The number of benzene rings is 1. The molecule has 1 unspecified atom stereocenters. The fourth-order valence-corrected chi connectivity index (χ4v) is 4.02. The summed E-state index contributed by atoms with van der Waals surface area (Å²) >= 11 is 0. The number of carbonyl (C=O) groups is 3. The summed E-state index contributed by atoms with van der Waals surface area (Å²) < 4.78 is 5.17. The van der Waals surface area contributed by atoms with Crippen molar-refractivity contribution in [2.75, 3.05) is 19.6 Å². The van der Waals surface area contributed by atoms with E-state index in [1.54, 1.807) is 12.1 Å². The molecule has 1 spiro atoms. The second-order valence-corrected chi connectivity index (χ2v) is 7.56. The van der Waals surface area contributed by atoms with E-state index in [1.165, 1.54) is 6.26 Å². The van der Waals surface area contributed by atoms with Gasteiger partial charge in [-0.1, -0.05) is 30.3 Å². The molecule has 2 aliphatic heterocycles. The largest absolute Gasteiger partial charge is 0.467 e. The topological polar surface area (TPSA) is 94.9 Å². The average molecular weight is 396 g/mol. The van der Waals surface area contributed by atoms with Crippen LogP contribution in [0.15, 0.2) is 53.1 Å². The molecule has 0 bridgehead atoms. The van der Waals surface area contributed by atoms with Gasteiger partial charge in [0, 0.05) is 13.1 Å². The molecule has 2 aliphatic rings. The van der Waals surface area contributed by atoms with E-state index in [0.29, 0.717) is 18.7 Å². The molecule has 2 fully saturated rings. The number of piperidine rings is 1. The number of nitrogens with zero attached hydrogens (tertiary/aromatic N) is 2. The van der Waals surface area contributed by atoms with Crippen LogP contribution in [0.3, 0.4) is 0 Å². The van der Waals surface area contributed by atoms with E-state index < -0.39 is 17.5 Å². The van der Waals surface area contributed by atoms with Gasteiger partial charge >= 0.3 is 6.03 Å². The van der Waals surface area contributed by atoms with E-state index in [0.717, 1.165) is 30.0 Å². The molecular formula is C21H24N4O4. The van der Waals surface area contributed by atoms with Crippen molar-refractivity contribution in [2.45, 2.75) is 31.5 Å². The smallest absolute Gasteiger partial charge is 0.325 e. The minimum absolute atomic E-state index is 0.214. The number of hydrogen-bond donors (Lipinski definition) is 2. The number of furan rings is 1. The molecule has 1 atom stereocenters. The van der Waals surface area contributed by atoms with E-state index in [2.05, 4.69) is 15.5 Å². The molecule has 8 heteroatoms. The van der Waals surface area contributed by atoms with Gasteiger partial charge in [0.25, 0.3) is 5.91 Å². The maximum absolute atomic E-state index is 13.1. The second kappa shape index (κ2) is 8.08. The van der Waals surface area contributed by atoms with Crippen LogP contribution in [0.5, 0.6) is 0 Å². The maximum Gasteiger partial charge on any atom is 0.325 e. The van der Waals surface area contributed by atoms with Gasteiger partial charge in [-0.2, -0.15) is 0 Å². The third-order valence-electron chi connectivity index (χ3n) is 5.41. The van der Waals surface area contributed by atoms with Gasteiger partial charge in [0.05, 0.1) is 12.8 Å². The van der Waals surface area contributed by atoms with Crippen LogP contribution in [-0.4, -0.2) is 52.8 Å².